The van der Waals surface area contributed by atoms with Crippen LogP contribution in [-0.2, 0) is 0 Å². The third-order valence-electron chi connectivity index (χ3n) is 1.77. The Morgan fingerprint density at radius 2 is 1.00 bits per heavy atom. The summed E-state index contributed by atoms with van der Waals surface area (Å²) >= 11 is -1.51. The van der Waals surface area contributed by atoms with E-state index in [2.05, 4.69) is 18.2 Å². The van der Waals surface area contributed by atoms with Crippen LogP contribution < -0.4 is 0 Å². The van der Waals surface area contributed by atoms with Crippen LogP contribution in [0, 0.1) is 34.0 Å². The summed E-state index contributed by atoms with van der Waals surface area (Å²) in [6.45, 7) is 0. The van der Waals surface area contributed by atoms with E-state index in [1.807, 2.05) is 0 Å². The molecule has 0 heterocycles. The number of nitriles is 3. The van der Waals surface area contributed by atoms with E-state index in [0.717, 1.165) is 13.3 Å². The molecule has 0 aliphatic rings. The molecule has 3 nitrogen and oxygen atoms in total. The van der Waals surface area contributed by atoms with Crippen LogP contribution in [0.25, 0.3) is 0 Å². The van der Waals surface area contributed by atoms with Crippen molar-refractivity contribution in [1.29, 1.82) is 15.8 Å². The molecule has 0 unspecified atom stereocenters. The van der Waals surface area contributed by atoms with Crippen LogP contribution in [0.1, 0.15) is 19.3 Å². The zero-order valence-corrected chi connectivity index (χ0v) is 10.4. The van der Waals surface area contributed by atoms with Crippen molar-refractivity contribution in [2.75, 3.05) is 0 Å². The molecular weight excluding hydrogens is 269 g/mol. The van der Waals surface area contributed by atoms with Crippen molar-refractivity contribution in [2.24, 2.45) is 0 Å². The van der Waals surface area contributed by atoms with Gasteiger partial charge in [0.05, 0.1) is 0 Å². The van der Waals surface area contributed by atoms with Crippen molar-refractivity contribution >= 4 is 19.8 Å². The average molecular weight is 281 g/mol. The molecule has 0 aliphatic heterocycles. The van der Waals surface area contributed by atoms with Crippen LogP contribution in [0.2, 0.25) is 13.3 Å². The second kappa shape index (κ2) is 9.36. The summed E-state index contributed by atoms with van der Waals surface area (Å²) in [4.78, 5) is 0. The Morgan fingerprint density at radius 3 is 1.23 bits per heavy atom. The van der Waals surface area contributed by atoms with Crippen molar-refractivity contribution in [3.63, 3.8) is 0 Å². The summed E-state index contributed by atoms with van der Waals surface area (Å²) in [6.07, 6.45) is 1.85. The van der Waals surface area contributed by atoms with Crippen LogP contribution in [0.15, 0.2) is 0 Å². The monoisotopic (exact) mass is 282 g/mol. The Bertz CT molecular complexity index is 200. The Kier molecular flexibility index (Phi) is 8.83. The van der Waals surface area contributed by atoms with E-state index in [1.165, 1.54) is 0 Å². The first-order valence-corrected chi connectivity index (χ1v) is 10.3. The molecule has 0 saturated carbocycles. The average Bonchev–Trinajstić information content (AvgIpc) is 2.17. The van der Waals surface area contributed by atoms with Gasteiger partial charge in [0.15, 0.2) is 0 Å². The molecule has 0 aromatic carbocycles. The van der Waals surface area contributed by atoms with Crippen molar-refractivity contribution < 1.29 is 0 Å². The Balaban J connectivity index is 3.70. The maximum absolute atomic E-state index is 8.42. The van der Waals surface area contributed by atoms with Gasteiger partial charge in [-0.25, -0.2) is 0 Å². The molecule has 0 aromatic rings. The van der Waals surface area contributed by atoms with Gasteiger partial charge in [-0.2, -0.15) is 0 Å². The molecule has 0 rings (SSSR count). The van der Waals surface area contributed by atoms with Gasteiger partial charge < -0.3 is 0 Å². The molecule has 0 atom stereocenters. The van der Waals surface area contributed by atoms with Crippen LogP contribution in [0.4, 0.5) is 0 Å². The van der Waals surface area contributed by atoms with E-state index in [-0.39, 0.29) is 0 Å². The normalized spacial score (nSPS) is 8.77. The van der Waals surface area contributed by atoms with Crippen LogP contribution in [0.3, 0.4) is 0 Å². The molecule has 0 N–H and O–H groups in total. The van der Waals surface area contributed by atoms with Gasteiger partial charge in [0.25, 0.3) is 0 Å². The van der Waals surface area contributed by atoms with Crippen molar-refractivity contribution in [2.45, 2.75) is 32.6 Å². The third kappa shape index (κ3) is 7.62. The fourth-order valence-electron chi connectivity index (χ4n) is 1.07. The molecule has 0 aromatic heterocycles. The first-order valence-electron chi connectivity index (χ1n) is 4.29. The van der Waals surface area contributed by atoms with Gasteiger partial charge in [-0.15, -0.1) is 0 Å². The molecule has 1 radical (unpaired) electrons. The van der Waals surface area contributed by atoms with E-state index in [9.17, 15) is 0 Å². The van der Waals surface area contributed by atoms with Gasteiger partial charge >= 0.3 is 86.3 Å². The van der Waals surface area contributed by atoms with Gasteiger partial charge in [0.2, 0.25) is 0 Å². The Labute approximate surface area is 86.3 Å². The van der Waals surface area contributed by atoms with E-state index >= 15 is 0 Å². The number of nitrogens with zero attached hydrogens (tertiary/aromatic N) is 3. The molecule has 4 heteroatoms. The minimum atomic E-state index is -1.51. The maximum atomic E-state index is 8.42. The van der Waals surface area contributed by atoms with Gasteiger partial charge in [0.1, 0.15) is 0 Å². The SMILES string of the molecule is N#CC[CH2][Sn]([CH2]CC#N)[CH2]CC#N. The molecule has 0 aliphatic carbocycles. The van der Waals surface area contributed by atoms with E-state index < -0.39 is 19.8 Å². The zero-order valence-electron chi connectivity index (χ0n) is 7.58. The molecule has 0 bridgehead atoms. The predicted octanol–water partition coefficient (Wildman–Crippen LogP) is 2.22. The van der Waals surface area contributed by atoms with E-state index in [1.54, 1.807) is 0 Å². The molecule has 0 spiro atoms. The number of hydrogen-bond acceptors (Lipinski definition) is 3. The molecule has 0 amide bonds. The van der Waals surface area contributed by atoms with Crippen LogP contribution in [-0.4, -0.2) is 19.8 Å². The zero-order chi connectivity index (χ0) is 9.94. The molecular formula is C9H12N3Sn. The van der Waals surface area contributed by atoms with Crippen molar-refractivity contribution in [3.05, 3.63) is 0 Å². The molecule has 67 valence electrons. The fourth-order valence-corrected chi connectivity index (χ4v) is 7.20. The molecule has 13 heavy (non-hydrogen) atoms. The number of rotatable bonds is 6. The van der Waals surface area contributed by atoms with E-state index in [0.29, 0.717) is 19.3 Å². The first-order chi connectivity index (χ1) is 6.35. The summed E-state index contributed by atoms with van der Waals surface area (Å²) in [5.74, 6) is 0. The summed E-state index contributed by atoms with van der Waals surface area (Å²) in [6, 6.07) is 6.40. The first kappa shape index (κ1) is 12.3. The standard InChI is InChI=1S/3C3H4N.Sn/c3*1-2-3-4;/h3*1-2H2;. The quantitative estimate of drug-likeness (QED) is 0.701. The summed E-state index contributed by atoms with van der Waals surface area (Å²) in [5.41, 5.74) is 0. The van der Waals surface area contributed by atoms with Crippen molar-refractivity contribution in [1.82, 2.24) is 0 Å². The topological polar surface area (TPSA) is 71.4 Å². The van der Waals surface area contributed by atoms with Gasteiger partial charge in [-0.05, 0) is 0 Å². The molecule has 0 saturated heterocycles. The second-order valence-electron chi connectivity index (χ2n) is 2.72. The summed E-state index contributed by atoms with van der Waals surface area (Å²) in [5, 5.41) is 25.3. The number of hydrogen-bond donors (Lipinski definition) is 0. The Hall–Kier alpha value is -0.731. The van der Waals surface area contributed by atoms with Gasteiger partial charge in [-0.1, -0.05) is 0 Å². The van der Waals surface area contributed by atoms with Crippen LogP contribution >= 0.6 is 0 Å². The molecule has 0 fully saturated rings. The van der Waals surface area contributed by atoms with Crippen molar-refractivity contribution in [3.8, 4) is 18.2 Å². The summed E-state index contributed by atoms with van der Waals surface area (Å²) < 4.78 is 3.05. The van der Waals surface area contributed by atoms with E-state index in [4.69, 9.17) is 15.8 Å². The summed E-state index contributed by atoms with van der Waals surface area (Å²) in [7, 11) is 0. The predicted molar refractivity (Wildman–Crippen MR) is 50.9 cm³/mol. The van der Waals surface area contributed by atoms with Gasteiger partial charge in [0, 0.05) is 0 Å². The minimum absolute atomic E-state index is 0.617. The van der Waals surface area contributed by atoms with Crippen LogP contribution in [0.5, 0.6) is 0 Å². The second-order valence-corrected chi connectivity index (χ2v) is 11.3. The third-order valence-corrected chi connectivity index (χ3v) is 9.97. The van der Waals surface area contributed by atoms with Gasteiger partial charge in [-0.3, -0.25) is 0 Å². The fraction of sp³-hybridized carbons (Fsp3) is 0.667. The Morgan fingerprint density at radius 1 is 0.692 bits per heavy atom.